The second-order valence-electron chi connectivity index (χ2n) is 7.31. The fourth-order valence-electron chi connectivity index (χ4n) is 3.86. The van der Waals surface area contributed by atoms with Crippen molar-refractivity contribution in [1.29, 1.82) is 0 Å². The fourth-order valence-corrected chi connectivity index (χ4v) is 3.86. The predicted molar refractivity (Wildman–Crippen MR) is 82.6 cm³/mol. The Labute approximate surface area is 138 Å². The van der Waals surface area contributed by atoms with E-state index in [4.69, 9.17) is 23.7 Å². The van der Waals surface area contributed by atoms with Crippen LogP contribution in [-0.4, -0.2) is 56.0 Å². The molecule has 6 nitrogen and oxygen atoms in total. The molecular formula is C17H30O6. The number of aliphatic hydroxyl groups excluding tert-OH is 1. The van der Waals surface area contributed by atoms with Gasteiger partial charge in [0.1, 0.15) is 0 Å². The average molecular weight is 330 g/mol. The van der Waals surface area contributed by atoms with Crippen LogP contribution in [0.1, 0.15) is 46.0 Å². The molecule has 0 aromatic rings. The van der Waals surface area contributed by atoms with Crippen LogP contribution in [0.25, 0.3) is 0 Å². The molecule has 2 saturated heterocycles. The van der Waals surface area contributed by atoms with Crippen LogP contribution in [0, 0.1) is 11.8 Å². The highest BCUT2D eigenvalue weighted by Gasteiger charge is 2.51. The first kappa shape index (κ1) is 17.6. The molecule has 3 rings (SSSR count). The van der Waals surface area contributed by atoms with Gasteiger partial charge >= 0.3 is 0 Å². The van der Waals surface area contributed by atoms with Gasteiger partial charge in [0.25, 0.3) is 0 Å². The summed E-state index contributed by atoms with van der Waals surface area (Å²) in [6, 6.07) is 0. The molecule has 134 valence electrons. The smallest absolute Gasteiger partial charge is 0.162 e. The lowest BCUT2D eigenvalue weighted by Gasteiger charge is -2.32. The molecule has 2 aliphatic heterocycles. The lowest BCUT2D eigenvalue weighted by atomic mass is 9.92. The molecule has 1 saturated carbocycles. The van der Waals surface area contributed by atoms with Crippen LogP contribution in [0.15, 0.2) is 0 Å². The van der Waals surface area contributed by atoms with Gasteiger partial charge in [0.15, 0.2) is 18.4 Å². The Hall–Kier alpha value is -0.240. The van der Waals surface area contributed by atoms with E-state index in [9.17, 15) is 5.11 Å². The lowest BCUT2D eigenvalue weighted by molar-refractivity contribution is -0.228. The molecule has 23 heavy (non-hydrogen) atoms. The largest absolute Gasteiger partial charge is 0.368 e. The van der Waals surface area contributed by atoms with E-state index in [1.54, 1.807) is 7.11 Å². The van der Waals surface area contributed by atoms with Gasteiger partial charge in [-0.3, -0.25) is 0 Å². The standard InChI is InChI=1S/C17H30O6/c1-17(2,19-3)21-10-12-11-8-15(18)22-13(11)9-14(12)23-16-6-4-5-7-20-16/h11-16,18H,4-10H2,1-3H3/t11-,12-,13+,14-,15+,16?/m1/s1. The number of methoxy groups -OCH3 is 1. The van der Waals surface area contributed by atoms with Crippen LogP contribution in [0.4, 0.5) is 0 Å². The van der Waals surface area contributed by atoms with E-state index < -0.39 is 12.1 Å². The monoisotopic (exact) mass is 330 g/mol. The Morgan fingerprint density at radius 2 is 2.04 bits per heavy atom. The van der Waals surface area contributed by atoms with Gasteiger partial charge < -0.3 is 28.8 Å². The summed E-state index contributed by atoms with van der Waals surface area (Å²) in [7, 11) is 1.64. The highest BCUT2D eigenvalue weighted by molar-refractivity contribution is 4.96. The van der Waals surface area contributed by atoms with E-state index in [0.29, 0.717) is 13.0 Å². The lowest BCUT2D eigenvalue weighted by Crippen LogP contribution is -2.37. The molecule has 0 aromatic heterocycles. The number of ether oxygens (including phenoxy) is 5. The zero-order valence-corrected chi connectivity index (χ0v) is 14.4. The molecular weight excluding hydrogens is 300 g/mol. The van der Waals surface area contributed by atoms with Gasteiger partial charge in [-0.05, 0) is 39.0 Å². The van der Waals surface area contributed by atoms with Crippen LogP contribution in [-0.2, 0) is 23.7 Å². The van der Waals surface area contributed by atoms with Gasteiger partial charge in [-0.25, -0.2) is 0 Å². The average Bonchev–Trinajstić information content (AvgIpc) is 3.02. The Bertz CT molecular complexity index is 381. The maximum absolute atomic E-state index is 9.78. The first-order valence-corrected chi connectivity index (χ1v) is 8.78. The Kier molecular flexibility index (Phi) is 5.61. The first-order valence-electron chi connectivity index (χ1n) is 8.78. The number of hydrogen-bond donors (Lipinski definition) is 1. The van der Waals surface area contributed by atoms with Crippen LogP contribution in [0.3, 0.4) is 0 Å². The van der Waals surface area contributed by atoms with E-state index in [1.165, 1.54) is 0 Å². The Morgan fingerprint density at radius 1 is 1.22 bits per heavy atom. The van der Waals surface area contributed by atoms with Crippen molar-refractivity contribution in [1.82, 2.24) is 0 Å². The van der Waals surface area contributed by atoms with Crippen molar-refractivity contribution in [2.24, 2.45) is 11.8 Å². The van der Waals surface area contributed by atoms with Crippen molar-refractivity contribution in [3.8, 4) is 0 Å². The van der Waals surface area contributed by atoms with Crippen molar-refractivity contribution in [2.45, 2.75) is 76.5 Å². The molecule has 0 spiro atoms. The van der Waals surface area contributed by atoms with Gasteiger partial charge in [-0.15, -0.1) is 0 Å². The van der Waals surface area contributed by atoms with Crippen molar-refractivity contribution < 1.29 is 28.8 Å². The predicted octanol–water partition coefficient (Wildman–Crippen LogP) is 2.04. The second-order valence-corrected chi connectivity index (χ2v) is 7.31. The third-order valence-corrected chi connectivity index (χ3v) is 5.35. The third-order valence-electron chi connectivity index (χ3n) is 5.35. The topological polar surface area (TPSA) is 66.4 Å². The summed E-state index contributed by atoms with van der Waals surface area (Å²) in [6.45, 7) is 5.12. The molecule has 1 aliphatic carbocycles. The fraction of sp³-hybridized carbons (Fsp3) is 1.00. The normalized spacial score (nSPS) is 41.2. The summed E-state index contributed by atoms with van der Waals surface area (Å²) < 4.78 is 28.9. The third kappa shape index (κ3) is 4.24. The van der Waals surface area contributed by atoms with Crippen LogP contribution in [0.5, 0.6) is 0 Å². The highest BCUT2D eigenvalue weighted by atomic mass is 16.7. The minimum atomic E-state index is -0.658. The maximum atomic E-state index is 9.78. The highest BCUT2D eigenvalue weighted by Crippen LogP contribution is 2.45. The molecule has 6 atom stereocenters. The molecule has 0 bridgehead atoms. The van der Waals surface area contributed by atoms with Crippen molar-refractivity contribution >= 4 is 0 Å². The second kappa shape index (κ2) is 7.33. The van der Waals surface area contributed by atoms with Crippen LogP contribution in [0.2, 0.25) is 0 Å². The van der Waals surface area contributed by atoms with Crippen LogP contribution >= 0.6 is 0 Å². The summed E-state index contributed by atoms with van der Waals surface area (Å²) in [5.41, 5.74) is 0. The number of hydrogen-bond acceptors (Lipinski definition) is 6. The van der Waals surface area contributed by atoms with Gasteiger partial charge in [0.2, 0.25) is 0 Å². The van der Waals surface area contributed by atoms with E-state index >= 15 is 0 Å². The van der Waals surface area contributed by atoms with Crippen molar-refractivity contribution in [3.05, 3.63) is 0 Å². The Morgan fingerprint density at radius 3 is 2.74 bits per heavy atom. The zero-order valence-electron chi connectivity index (χ0n) is 14.4. The SMILES string of the molecule is COC(C)(C)OC[C@@H]1[C@H]2C[C@@H](O)O[C@H]2C[C@H]1OC1CCCCO1. The van der Waals surface area contributed by atoms with Gasteiger partial charge in [0, 0.05) is 32.5 Å². The molecule has 3 aliphatic rings. The molecule has 1 unspecified atom stereocenters. The van der Waals surface area contributed by atoms with E-state index in [-0.39, 0.29) is 30.3 Å². The van der Waals surface area contributed by atoms with E-state index in [1.807, 2.05) is 13.8 Å². The summed E-state index contributed by atoms with van der Waals surface area (Å²) in [6.07, 6.45) is 3.99. The minimum absolute atomic E-state index is 0.0493. The molecule has 6 heteroatoms. The Balaban J connectivity index is 1.62. The quantitative estimate of drug-likeness (QED) is 0.752. The minimum Gasteiger partial charge on any atom is -0.368 e. The van der Waals surface area contributed by atoms with Crippen molar-refractivity contribution in [2.75, 3.05) is 20.3 Å². The number of fused-ring (bicyclic) bond motifs is 1. The number of rotatable bonds is 6. The van der Waals surface area contributed by atoms with Crippen molar-refractivity contribution in [3.63, 3.8) is 0 Å². The summed E-state index contributed by atoms with van der Waals surface area (Å²) in [5.74, 6) is -0.162. The molecule has 1 N–H and O–H groups in total. The molecule has 0 aromatic carbocycles. The summed E-state index contributed by atoms with van der Waals surface area (Å²) in [4.78, 5) is 0. The van der Waals surface area contributed by atoms with Crippen LogP contribution < -0.4 is 0 Å². The molecule has 0 amide bonds. The first-order chi connectivity index (χ1) is 11.0. The maximum Gasteiger partial charge on any atom is 0.162 e. The molecule has 2 heterocycles. The van der Waals surface area contributed by atoms with E-state index in [0.717, 1.165) is 32.3 Å². The van der Waals surface area contributed by atoms with Gasteiger partial charge in [-0.1, -0.05) is 0 Å². The molecule has 0 radical (unpaired) electrons. The summed E-state index contributed by atoms with van der Waals surface area (Å²) >= 11 is 0. The zero-order chi connectivity index (χ0) is 16.4. The van der Waals surface area contributed by atoms with E-state index in [2.05, 4.69) is 0 Å². The number of aliphatic hydroxyl groups is 1. The van der Waals surface area contributed by atoms with Gasteiger partial charge in [0.05, 0.1) is 18.8 Å². The van der Waals surface area contributed by atoms with Gasteiger partial charge in [-0.2, -0.15) is 0 Å². The molecule has 3 fully saturated rings. The summed E-state index contributed by atoms with van der Waals surface area (Å²) in [5, 5.41) is 9.78.